The summed E-state index contributed by atoms with van der Waals surface area (Å²) in [5, 5.41) is 1.20. The van der Waals surface area contributed by atoms with Gasteiger partial charge in [0, 0.05) is 6.07 Å². The Balaban J connectivity index is 2.08. The molecular formula is C13H7Cl3N2OS. The Morgan fingerprint density at radius 1 is 0.900 bits per heavy atom. The molecule has 102 valence electrons. The molecule has 2 aromatic carbocycles. The number of imidazole rings is 1. The summed E-state index contributed by atoms with van der Waals surface area (Å²) in [6.07, 6.45) is 0. The number of hydrogen-bond donors (Lipinski definition) is 2. The number of ether oxygens (including phenoxy) is 1. The van der Waals surface area contributed by atoms with Crippen LogP contribution in [0.25, 0.3) is 11.0 Å². The Morgan fingerprint density at radius 2 is 1.60 bits per heavy atom. The van der Waals surface area contributed by atoms with Gasteiger partial charge in [0.1, 0.15) is 16.5 Å². The zero-order valence-corrected chi connectivity index (χ0v) is 12.9. The van der Waals surface area contributed by atoms with Gasteiger partial charge < -0.3 is 14.7 Å². The van der Waals surface area contributed by atoms with Crippen LogP contribution >= 0.6 is 47.0 Å². The van der Waals surface area contributed by atoms with Gasteiger partial charge in [0.2, 0.25) is 0 Å². The molecule has 1 aromatic heterocycles. The second kappa shape index (κ2) is 5.30. The molecule has 0 fully saturated rings. The topological polar surface area (TPSA) is 40.8 Å². The average Bonchev–Trinajstić information content (AvgIpc) is 2.74. The highest BCUT2D eigenvalue weighted by atomic mass is 35.5. The van der Waals surface area contributed by atoms with Gasteiger partial charge in [-0.15, -0.1) is 0 Å². The molecule has 0 aliphatic carbocycles. The maximum Gasteiger partial charge on any atom is 0.175 e. The number of fused-ring (bicyclic) bond motifs is 1. The van der Waals surface area contributed by atoms with E-state index in [1.54, 1.807) is 30.3 Å². The summed E-state index contributed by atoms with van der Waals surface area (Å²) in [5.74, 6) is 0.906. The van der Waals surface area contributed by atoms with Gasteiger partial charge >= 0.3 is 0 Å². The van der Waals surface area contributed by atoms with Crippen molar-refractivity contribution in [2.24, 2.45) is 0 Å². The monoisotopic (exact) mass is 344 g/mol. The number of hydrogen-bond acceptors (Lipinski definition) is 2. The van der Waals surface area contributed by atoms with Crippen molar-refractivity contribution in [2.75, 3.05) is 0 Å². The molecule has 0 amide bonds. The molecule has 0 bridgehead atoms. The van der Waals surface area contributed by atoms with E-state index < -0.39 is 0 Å². The lowest BCUT2D eigenvalue weighted by molar-refractivity contribution is 0.484. The lowest BCUT2D eigenvalue weighted by Gasteiger charge is -2.10. The highest BCUT2D eigenvalue weighted by Crippen LogP contribution is 2.38. The standard InChI is InChI=1S/C13H7Cl3N2OS/c14-6-2-1-3-10(12(6)16)19-11-5-9-8(4-7(11)15)17-13(20)18-9/h1-5H,(H2,17,18,20). The first-order valence-electron chi connectivity index (χ1n) is 5.58. The van der Waals surface area contributed by atoms with Gasteiger partial charge in [-0.25, -0.2) is 0 Å². The Bertz CT molecular complexity index is 856. The SMILES string of the molecule is S=c1[nH]c2cc(Cl)c(Oc3cccc(Cl)c3Cl)cc2[nH]1. The van der Waals surface area contributed by atoms with Crippen LogP contribution in [-0.2, 0) is 0 Å². The van der Waals surface area contributed by atoms with Crippen molar-refractivity contribution < 1.29 is 4.74 Å². The number of rotatable bonds is 2. The number of halogens is 3. The van der Waals surface area contributed by atoms with Crippen molar-refractivity contribution in [1.82, 2.24) is 9.97 Å². The second-order valence-electron chi connectivity index (χ2n) is 4.06. The van der Waals surface area contributed by atoms with Crippen LogP contribution in [0, 0.1) is 4.77 Å². The minimum Gasteiger partial charge on any atom is -0.454 e. The molecule has 7 heteroatoms. The maximum absolute atomic E-state index is 6.19. The molecule has 0 aliphatic heterocycles. The summed E-state index contributed by atoms with van der Waals surface area (Å²) in [6.45, 7) is 0. The van der Waals surface area contributed by atoms with Crippen LogP contribution in [-0.4, -0.2) is 9.97 Å². The molecular weight excluding hydrogens is 339 g/mol. The fraction of sp³-hybridized carbons (Fsp3) is 0. The van der Waals surface area contributed by atoms with Crippen LogP contribution in [0.1, 0.15) is 0 Å². The number of nitrogens with one attached hydrogen (secondary N) is 2. The van der Waals surface area contributed by atoms with Crippen LogP contribution in [0.5, 0.6) is 11.5 Å². The normalized spacial score (nSPS) is 10.9. The predicted molar refractivity (Wildman–Crippen MR) is 85.0 cm³/mol. The molecule has 0 radical (unpaired) electrons. The third kappa shape index (κ3) is 2.52. The highest BCUT2D eigenvalue weighted by molar-refractivity contribution is 7.71. The van der Waals surface area contributed by atoms with E-state index in [1.807, 2.05) is 0 Å². The average molecular weight is 346 g/mol. The molecule has 20 heavy (non-hydrogen) atoms. The minimum atomic E-state index is 0.340. The van der Waals surface area contributed by atoms with Gasteiger partial charge in [0.25, 0.3) is 0 Å². The minimum absolute atomic E-state index is 0.340. The first kappa shape index (κ1) is 13.8. The van der Waals surface area contributed by atoms with E-state index >= 15 is 0 Å². The second-order valence-corrected chi connectivity index (χ2v) is 5.66. The molecule has 3 aromatic rings. The Morgan fingerprint density at radius 3 is 2.35 bits per heavy atom. The summed E-state index contributed by atoms with van der Waals surface area (Å²) in [5.41, 5.74) is 1.61. The van der Waals surface area contributed by atoms with Gasteiger partial charge in [0.05, 0.1) is 21.1 Å². The fourth-order valence-corrected chi connectivity index (χ4v) is 2.55. The van der Waals surface area contributed by atoms with Crippen LogP contribution < -0.4 is 4.74 Å². The first-order valence-corrected chi connectivity index (χ1v) is 7.12. The quantitative estimate of drug-likeness (QED) is 0.561. The molecule has 0 spiro atoms. The highest BCUT2D eigenvalue weighted by Gasteiger charge is 2.11. The maximum atomic E-state index is 6.19. The molecule has 2 N–H and O–H groups in total. The molecule has 0 unspecified atom stereocenters. The lowest BCUT2D eigenvalue weighted by Crippen LogP contribution is -1.87. The van der Waals surface area contributed by atoms with E-state index in [2.05, 4.69) is 9.97 Å². The molecule has 0 aliphatic rings. The predicted octanol–water partition coefficient (Wildman–Crippen LogP) is 5.98. The third-order valence-electron chi connectivity index (χ3n) is 2.70. The van der Waals surface area contributed by atoms with Crippen LogP contribution in [0.15, 0.2) is 30.3 Å². The zero-order valence-electron chi connectivity index (χ0n) is 9.84. The van der Waals surface area contributed by atoms with Gasteiger partial charge in [-0.3, -0.25) is 0 Å². The van der Waals surface area contributed by atoms with E-state index in [4.69, 9.17) is 51.8 Å². The Kier molecular flexibility index (Phi) is 3.65. The van der Waals surface area contributed by atoms with E-state index in [1.165, 1.54) is 0 Å². The van der Waals surface area contributed by atoms with Crippen molar-refractivity contribution in [3.63, 3.8) is 0 Å². The van der Waals surface area contributed by atoms with Crippen molar-refractivity contribution in [2.45, 2.75) is 0 Å². The summed E-state index contributed by atoms with van der Waals surface area (Å²) in [7, 11) is 0. The van der Waals surface area contributed by atoms with Crippen molar-refractivity contribution >= 4 is 58.1 Å². The third-order valence-corrected chi connectivity index (χ3v) is 4.01. The Hall–Kier alpha value is -1.20. The molecule has 3 rings (SSSR count). The largest absolute Gasteiger partial charge is 0.454 e. The van der Waals surface area contributed by atoms with E-state index in [0.29, 0.717) is 31.3 Å². The number of H-pyrrole nitrogens is 2. The number of aromatic amines is 2. The summed E-state index contributed by atoms with van der Waals surface area (Å²) in [6, 6.07) is 8.64. The summed E-state index contributed by atoms with van der Waals surface area (Å²) >= 11 is 23.3. The van der Waals surface area contributed by atoms with Gasteiger partial charge in [0.15, 0.2) is 4.77 Å². The lowest BCUT2D eigenvalue weighted by atomic mass is 10.3. The summed E-state index contributed by atoms with van der Waals surface area (Å²) in [4.78, 5) is 5.98. The van der Waals surface area contributed by atoms with Crippen LogP contribution in [0.3, 0.4) is 0 Å². The molecule has 1 heterocycles. The van der Waals surface area contributed by atoms with Crippen LogP contribution in [0.4, 0.5) is 0 Å². The first-order chi connectivity index (χ1) is 9.54. The molecule has 3 nitrogen and oxygen atoms in total. The number of benzene rings is 2. The van der Waals surface area contributed by atoms with Crippen molar-refractivity contribution in [3.8, 4) is 11.5 Å². The van der Waals surface area contributed by atoms with Crippen molar-refractivity contribution in [3.05, 3.63) is 50.2 Å². The zero-order chi connectivity index (χ0) is 14.3. The smallest absolute Gasteiger partial charge is 0.175 e. The molecule has 0 atom stereocenters. The van der Waals surface area contributed by atoms with E-state index in [9.17, 15) is 0 Å². The molecule has 0 saturated heterocycles. The van der Waals surface area contributed by atoms with E-state index in [-0.39, 0.29) is 0 Å². The molecule has 0 saturated carbocycles. The van der Waals surface area contributed by atoms with Gasteiger partial charge in [-0.05, 0) is 30.4 Å². The van der Waals surface area contributed by atoms with Gasteiger partial charge in [-0.2, -0.15) is 0 Å². The van der Waals surface area contributed by atoms with E-state index in [0.717, 1.165) is 11.0 Å². The van der Waals surface area contributed by atoms with Crippen molar-refractivity contribution in [1.29, 1.82) is 0 Å². The summed E-state index contributed by atoms with van der Waals surface area (Å²) < 4.78 is 6.24. The fourth-order valence-electron chi connectivity index (χ4n) is 1.80. The Labute approximate surface area is 134 Å². The van der Waals surface area contributed by atoms with Gasteiger partial charge in [-0.1, -0.05) is 40.9 Å². The van der Waals surface area contributed by atoms with Crippen LogP contribution in [0.2, 0.25) is 15.1 Å². The number of aromatic nitrogens is 2.